The van der Waals surface area contributed by atoms with Crippen LogP contribution < -0.4 is 9.47 Å². The predicted molar refractivity (Wildman–Crippen MR) is 243 cm³/mol. The number of ether oxygens (including phenoxy) is 2. The van der Waals surface area contributed by atoms with E-state index in [9.17, 15) is 0 Å². The lowest BCUT2D eigenvalue weighted by Gasteiger charge is -2.18. The Balaban J connectivity index is 1.12. The van der Waals surface area contributed by atoms with E-state index in [1.165, 1.54) is 23.8 Å². The number of rotatable bonds is 11. The summed E-state index contributed by atoms with van der Waals surface area (Å²) < 4.78 is 16.0. The molecular weight excluding hydrogens is 753 g/mol. The fraction of sp³-hybridized carbons (Fsp3) is 0.0755. The zero-order valence-electron chi connectivity index (χ0n) is 33.7. The minimum absolute atomic E-state index is 0.482. The molecule has 0 spiro atoms. The monoisotopic (exact) mass is 792 g/mol. The molecule has 0 amide bonds. The van der Waals surface area contributed by atoms with Gasteiger partial charge in [-0.1, -0.05) is 86.6 Å². The van der Waals surface area contributed by atoms with Crippen molar-refractivity contribution in [3.63, 3.8) is 0 Å². The zero-order valence-corrected chi connectivity index (χ0v) is 33.7. The van der Waals surface area contributed by atoms with Gasteiger partial charge in [-0.15, -0.1) is 0 Å². The van der Waals surface area contributed by atoms with E-state index >= 15 is 0 Å². The van der Waals surface area contributed by atoms with E-state index in [0.717, 1.165) is 90.9 Å². The van der Waals surface area contributed by atoms with Crippen molar-refractivity contribution in [1.82, 2.24) is 29.5 Å². The topological polar surface area (TPSA) is 87.8 Å². The van der Waals surface area contributed by atoms with Gasteiger partial charge < -0.3 is 9.47 Å². The highest BCUT2D eigenvalue weighted by molar-refractivity contribution is 6.09. The van der Waals surface area contributed by atoms with Crippen LogP contribution in [-0.2, 0) is 12.8 Å². The van der Waals surface area contributed by atoms with Crippen molar-refractivity contribution < 1.29 is 9.47 Å². The summed E-state index contributed by atoms with van der Waals surface area (Å²) in [5.74, 6) is 3.32. The summed E-state index contributed by atoms with van der Waals surface area (Å²) in [5.41, 5.74) is 12.1. The Labute approximate surface area is 353 Å². The maximum Gasteiger partial charge on any atom is 0.237 e. The third-order valence-corrected chi connectivity index (χ3v) is 11.0. The van der Waals surface area contributed by atoms with Crippen LogP contribution in [0, 0.1) is 0 Å². The summed E-state index contributed by atoms with van der Waals surface area (Å²) >= 11 is 0. The smallest absolute Gasteiger partial charge is 0.237 e. The van der Waals surface area contributed by atoms with Crippen molar-refractivity contribution >= 4 is 21.8 Å². The van der Waals surface area contributed by atoms with E-state index in [4.69, 9.17) is 9.47 Å². The SMILES string of the molecule is CCc1cc(-c2ccccn2)cc(Oc2ccc3c4ccc(Oc5cc(-c6ccccn6)cc(CC)c5-c5ccccc5)cc4n(-c4ncncn4)c3c2)c1-c1ccccc1. The molecule has 10 rings (SSSR count). The molecule has 0 saturated carbocycles. The molecular formula is C53H40N6O2. The maximum absolute atomic E-state index is 6.97. The second kappa shape index (κ2) is 16.4. The van der Waals surface area contributed by atoms with Crippen LogP contribution in [0.2, 0.25) is 0 Å². The lowest BCUT2D eigenvalue weighted by molar-refractivity contribution is 0.484. The molecule has 0 aliphatic heterocycles. The van der Waals surface area contributed by atoms with Crippen LogP contribution in [0.15, 0.2) is 183 Å². The molecule has 4 aromatic heterocycles. The van der Waals surface area contributed by atoms with Gasteiger partial charge in [0.15, 0.2) is 0 Å². The minimum Gasteiger partial charge on any atom is -0.457 e. The number of nitrogens with zero attached hydrogens (tertiary/aromatic N) is 6. The first-order chi connectivity index (χ1) is 30.1. The second-order valence-electron chi connectivity index (χ2n) is 14.7. The highest BCUT2D eigenvalue weighted by Gasteiger charge is 2.21. The molecule has 8 nitrogen and oxygen atoms in total. The van der Waals surface area contributed by atoms with Crippen molar-refractivity contribution in [3.8, 4) is 73.7 Å². The third-order valence-electron chi connectivity index (χ3n) is 11.0. The van der Waals surface area contributed by atoms with Gasteiger partial charge in [0.05, 0.1) is 22.4 Å². The Bertz CT molecular complexity index is 2950. The molecule has 8 heteroatoms. The first-order valence-electron chi connectivity index (χ1n) is 20.5. The predicted octanol–water partition coefficient (Wildman–Crippen LogP) is 13.1. The molecule has 0 aliphatic carbocycles. The first-order valence-corrected chi connectivity index (χ1v) is 20.5. The van der Waals surface area contributed by atoms with Crippen LogP contribution in [-0.4, -0.2) is 29.5 Å². The van der Waals surface area contributed by atoms with Crippen LogP contribution in [0.4, 0.5) is 0 Å². The molecule has 61 heavy (non-hydrogen) atoms. The molecule has 6 aromatic carbocycles. The normalized spacial score (nSPS) is 11.2. The van der Waals surface area contributed by atoms with Crippen LogP contribution in [0.1, 0.15) is 25.0 Å². The Hall–Kier alpha value is -7.97. The number of hydrogen-bond donors (Lipinski definition) is 0. The zero-order chi connectivity index (χ0) is 41.1. The summed E-state index contributed by atoms with van der Waals surface area (Å²) in [6.07, 6.45) is 8.31. The van der Waals surface area contributed by atoms with E-state index in [0.29, 0.717) is 17.4 Å². The van der Waals surface area contributed by atoms with Crippen molar-refractivity contribution in [2.45, 2.75) is 26.7 Å². The Morgan fingerprint density at radius 1 is 0.443 bits per heavy atom. The molecule has 0 aliphatic rings. The highest BCUT2D eigenvalue weighted by atomic mass is 16.5. The van der Waals surface area contributed by atoms with Crippen molar-refractivity contribution in [1.29, 1.82) is 0 Å². The summed E-state index contributed by atoms with van der Waals surface area (Å²) in [5, 5.41) is 2.04. The molecule has 0 N–H and O–H groups in total. The summed E-state index contributed by atoms with van der Waals surface area (Å²) in [6.45, 7) is 4.35. The van der Waals surface area contributed by atoms with Gasteiger partial charge >= 0.3 is 0 Å². The van der Waals surface area contributed by atoms with Crippen molar-refractivity contribution in [2.75, 3.05) is 0 Å². The van der Waals surface area contributed by atoms with E-state index in [2.05, 4.69) is 136 Å². The molecule has 0 unspecified atom stereocenters. The molecule has 0 saturated heterocycles. The molecule has 0 bridgehead atoms. The molecule has 0 radical (unpaired) electrons. The Kier molecular flexibility index (Phi) is 10.0. The van der Waals surface area contributed by atoms with E-state index in [-0.39, 0.29) is 0 Å². The van der Waals surface area contributed by atoms with E-state index in [1.807, 2.05) is 77.6 Å². The number of aromatic nitrogens is 6. The van der Waals surface area contributed by atoms with E-state index in [1.54, 1.807) is 0 Å². The average Bonchev–Trinajstić information content (AvgIpc) is 3.65. The fourth-order valence-corrected chi connectivity index (χ4v) is 8.22. The number of aryl methyl sites for hydroxylation is 2. The quantitative estimate of drug-likeness (QED) is 0.129. The van der Waals surface area contributed by atoms with Gasteiger partial charge in [-0.2, -0.15) is 0 Å². The molecule has 10 aromatic rings. The number of hydrogen-bond acceptors (Lipinski definition) is 7. The van der Waals surface area contributed by atoms with Gasteiger partial charge in [-0.3, -0.25) is 14.5 Å². The van der Waals surface area contributed by atoms with Crippen LogP contribution >= 0.6 is 0 Å². The summed E-state index contributed by atoms with van der Waals surface area (Å²) in [4.78, 5) is 22.8. The molecule has 0 fully saturated rings. The summed E-state index contributed by atoms with van der Waals surface area (Å²) in [7, 11) is 0. The fourth-order valence-electron chi connectivity index (χ4n) is 8.22. The second-order valence-corrected chi connectivity index (χ2v) is 14.7. The largest absolute Gasteiger partial charge is 0.457 e. The van der Waals surface area contributed by atoms with Gasteiger partial charge in [-0.05, 0) is 108 Å². The van der Waals surface area contributed by atoms with Gasteiger partial charge in [0, 0.05) is 57.6 Å². The average molecular weight is 793 g/mol. The lowest BCUT2D eigenvalue weighted by Crippen LogP contribution is -2.01. The first kappa shape index (κ1) is 37.3. The van der Waals surface area contributed by atoms with Crippen molar-refractivity contribution in [3.05, 3.63) is 194 Å². The number of pyridine rings is 2. The summed E-state index contributed by atoms with van der Waals surface area (Å²) in [6, 6.07) is 53.8. The molecule has 0 atom stereocenters. The van der Waals surface area contributed by atoms with Crippen LogP contribution in [0.5, 0.6) is 23.0 Å². The maximum atomic E-state index is 6.97. The Morgan fingerprint density at radius 3 is 1.33 bits per heavy atom. The Morgan fingerprint density at radius 2 is 0.902 bits per heavy atom. The standard InChI is InChI=1S/C53H40N6O2/c1-3-35-27-39(45-19-11-13-25-55-45)29-49(51(35)37-15-7-5-8-16-37)60-41-21-23-43-44-24-22-42(32-48(44)59(47(43)31-41)53-57-33-54-34-58-53)61-50-30-40(46-20-12-14-26-56-46)28-36(4-2)52(50)38-17-9-6-10-18-38/h5-34H,3-4H2,1-2H3. The lowest BCUT2D eigenvalue weighted by atomic mass is 9.93. The number of benzene rings is 6. The van der Waals surface area contributed by atoms with Gasteiger partial charge in [0.2, 0.25) is 5.95 Å². The van der Waals surface area contributed by atoms with Crippen molar-refractivity contribution in [2.24, 2.45) is 0 Å². The van der Waals surface area contributed by atoms with Crippen LogP contribution in [0.25, 0.3) is 72.5 Å². The molecule has 294 valence electrons. The minimum atomic E-state index is 0.482. The van der Waals surface area contributed by atoms with Gasteiger partial charge in [-0.25, -0.2) is 15.0 Å². The number of fused-ring (bicyclic) bond motifs is 3. The van der Waals surface area contributed by atoms with Crippen LogP contribution in [0.3, 0.4) is 0 Å². The van der Waals surface area contributed by atoms with Gasteiger partial charge in [0.25, 0.3) is 0 Å². The third kappa shape index (κ3) is 7.25. The molecule has 4 heterocycles. The van der Waals surface area contributed by atoms with E-state index < -0.39 is 0 Å². The highest BCUT2D eigenvalue weighted by Crippen LogP contribution is 2.44. The van der Waals surface area contributed by atoms with Gasteiger partial charge in [0.1, 0.15) is 35.7 Å².